The van der Waals surface area contributed by atoms with Crippen molar-refractivity contribution in [3.63, 3.8) is 0 Å². The summed E-state index contributed by atoms with van der Waals surface area (Å²) < 4.78 is 48.8. The number of Topliss-reactive ketones (excluding diaryl/α,β-unsaturated/α-hetero) is 3. The lowest BCUT2D eigenvalue weighted by Crippen LogP contribution is -2.47. The number of ketones is 3. The van der Waals surface area contributed by atoms with Crippen LogP contribution in [0, 0.1) is 4.77 Å². The Bertz CT molecular complexity index is 5030. The highest BCUT2D eigenvalue weighted by atomic mass is 32.1. The first-order valence-electron chi connectivity index (χ1n) is 39.1. The van der Waals surface area contributed by atoms with Gasteiger partial charge in [0.15, 0.2) is 48.3 Å². The summed E-state index contributed by atoms with van der Waals surface area (Å²) in [4.78, 5) is 137. The number of aliphatic hydroxyl groups is 8. The number of nitrogens with one attached hydrogen (secondary N) is 4. The Morgan fingerprint density at radius 1 is 0.508 bits per heavy atom. The quantitative estimate of drug-likeness (QED) is 0.0156. The molecule has 12 N–H and O–H groups in total. The molecule has 0 bridgehead atoms. The van der Waals surface area contributed by atoms with E-state index in [1.807, 2.05) is 18.3 Å². The van der Waals surface area contributed by atoms with E-state index in [-0.39, 0.29) is 39.6 Å². The summed E-state index contributed by atoms with van der Waals surface area (Å²) >= 11 is 5.12. The molecule has 7 aliphatic heterocycles. The van der Waals surface area contributed by atoms with E-state index in [0.29, 0.717) is 49.1 Å². The van der Waals surface area contributed by atoms with Gasteiger partial charge in [-0.3, -0.25) is 71.4 Å². The molecule has 0 aromatic carbocycles. The van der Waals surface area contributed by atoms with E-state index in [1.54, 1.807) is 36.2 Å². The smallest absolute Gasteiger partial charge is 0.332 e. The Hall–Kier alpha value is -6.66. The van der Waals surface area contributed by atoms with Crippen LogP contribution in [0.15, 0.2) is 97.5 Å². The van der Waals surface area contributed by atoms with E-state index in [4.69, 9.17) is 45.4 Å². The van der Waals surface area contributed by atoms with Gasteiger partial charge in [0.2, 0.25) is 5.78 Å². The predicted molar refractivity (Wildman–Crippen MR) is 480 cm³/mol. The van der Waals surface area contributed by atoms with E-state index in [0.717, 1.165) is 53.3 Å². The lowest BCUT2D eigenvalue weighted by atomic mass is 10.1. The topological polar surface area (TPSA) is 505 Å². The van der Waals surface area contributed by atoms with Crippen molar-refractivity contribution < 1.29 is 108 Å². The Kier molecular flexibility index (Phi) is 37.3. The van der Waals surface area contributed by atoms with Gasteiger partial charge in [-0.05, 0) is 156 Å². The number of methoxy groups -OCH3 is 2. The number of hydrogen-bond acceptors (Lipinski definition) is 30. The van der Waals surface area contributed by atoms with E-state index in [2.05, 4.69) is 118 Å². The second-order valence-corrected chi connectivity index (χ2v) is 56.5. The van der Waals surface area contributed by atoms with Crippen LogP contribution in [0.25, 0.3) is 0 Å². The molecule has 5 saturated heterocycles. The molecule has 7 aliphatic rings. The molecule has 684 valence electrons. The highest BCUT2D eigenvalue weighted by Gasteiger charge is 2.51. The maximum absolute atomic E-state index is 12.3. The fourth-order valence-electron chi connectivity index (χ4n) is 13.5. The normalized spacial score (nSPS) is 28.5. The van der Waals surface area contributed by atoms with Gasteiger partial charge in [-0.15, -0.1) is 65.9 Å². The molecule has 5 fully saturated rings. The second kappa shape index (κ2) is 43.7. The van der Waals surface area contributed by atoms with Crippen molar-refractivity contribution in [2.75, 3.05) is 118 Å². The first-order chi connectivity index (χ1) is 56.3. The Morgan fingerprint density at radius 3 is 1.33 bits per heavy atom. The third-order valence-corrected chi connectivity index (χ3v) is 28.1. The van der Waals surface area contributed by atoms with E-state index < -0.39 is 210 Å². The molecule has 3 aromatic heterocycles. The van der Waals surface area contributed by atoms with Crippen LogP contribution >= 0.6 is 46.6 Å². The van der Waals surface area contributed by atoms with Crippen LogP contribution in [-0.2, 0) is 64.1 Å². The number of esters is 1. The van der Waals surface area contributed by atoms with Crippen LogP contribution in [0.3, 0.4) is 0 Å². The summed E-state index contributed by atoms with van der Waals surface area (Å²) in [6, 6.07) is 1.29. The fraction of sp³-hybridized carbons (Fsp3) is 0.608. The molecule has 10 rings (SSSR count). The van der Waals surface area contributed by atoms with E-state index >= 15 is 0 Å². The zero-order valence-electron chi connectivity index (χ0n) is 72.2. The van der Waals surface area contributed by atoms with Crippen LogP contribution in [0.1, 0.15) is 98.7 Å². The summed E-state index contributed by atoms with van der Waals surface area (Å²) in [6.45, 7) is 25.6. The molecular formula is C79H125N10O27P5S. The molecule has 37 nitrogen and oxygen atoms in total. The Balaban J connectivity index is 0.000000237. The first-order valence-corrected chi connectivity index (χ1v) is 54.7. The van der Waals surface area contributed by atoms with Crippen molar-refractivity contribution in [1.29, 1.82) is 0 Å². The van der Waals surface area contributed by atoms with Crippen molar-refractivity contribution in [3.8, 4) is 0 Å². The standard InChI is InChI=1S/C17H25N2O8P.C17H25N2O6PS.C15H25N2O5P.2C15H25N2O4P/c1-9(20)26-8-11(21)10-7-19(17(25)18-15(10)24)16-14(23)13(22)12(27-16)5-6-28(2,3)4;1-9(20)7-11(21)10-8-19(17(27)18-15(10)24)16-14(23)13(22)12(25-16)5-6-26(2,3)4;1-16-11(18)6-8-17(15(16)20)14-13(21-2)12(19)10(22-14)7-9-23(3,4)5;1-10-16-12(18)6-8-17(10)15-14(20-2)13(19)11(21-15)7-9-22(3,4)5;1-9-8-17(10(2)16-14(9)20)15-13(19)12(18)11(21-15)6-7-22(3,4)5/h7,12-14,16,22-23H,2,5-6,8H2,1,3-4H3,(H,18,24,25);8,12-14,16,22-23H,2,5-7H2,1,3-4H3,(H,18,24,27);6,8,10,12-14,19H,3,7,9H2,1-2,4-5H3;6,8,11,13-15,19H,1,3,7,9H2,2,4-5H3,(H,16,18);8,11-13,15,18-19H,2-3,6-7H2,1,4-5H3,(H,16,20)/t2*12-,13-,14-,16-;10-,12-,13-,14-;11-,13-,14-,15-;11-,12-,13-,15-/m11111/s1. The molecule has 0 spiro atoms. The van der Waals surface area contributed by atoms with Crippen molar-refractivity contribution in [1.82, 2.24) is 48.7 Å². The number of aromatic nitrogens is 6. The molecule has 0 unspecified atom stereocenters. The van der Waals surface area contributed by atoms with Gasteiger partial charge < -0.3 is 99.2 Å². The lowest BCUT2D eigenvalue weighted by molar-refractivity contribution is -0.139. The average molecular weight is 1830 g/mol. The number of nitrogens with zero attached hydrogens (tertiary/aromatic N) is 6. The maximum Gasteiger partial charge on any atom is 0.332 e. The molecule has 0 radical (unpaired) electrons. The number of rotatable bonds is 28. The highest BCUT2D eigenvalue weighted by molar-refractivity contribution is 7.73. The van der Waals surface area contributed by atoms with Crippen LogP contribution in [0.2, 0.25) is 0 Å². The van der Waals surface area contributed by atoms with Crippen molar-refractivity contribution >= 4 is 113 Å². The molecule has 10 heterocycles. The summed E-state index contributed by atoms with van der Waals surface area (Å²) in [5.41, 5.74) is -3.65. The zero-order valence-corrected chi connectivity index (χ0v) is 77.5. The van der Waals surface area contributed by atoms with Gasteiger partial charge >= 0.3 is 17.3 Å². The second-order valence-electron chi connectivity index (χ2n) is 34.5. The van der Waals surface area contributed by atoms with Gasteiger partial charge in [0.25, 0.3) is 28.5 Å². The number of amides is 2. The van der Waals surface area contributed by atoms with Gasteiger partial charge in [0.1, 0.15) is 84.0 Å². The molecule has 0 aliphatic carbocycles. The van der Waals surface area contributed by atoms with Gasteiger partial charge in [0.05, 0.1) is 42.5 Å². The minimum Gasteiger partial charge on any atom is -0.457 e. The first kappa shape index (κ1) is 104. The van der Waals surface area contributed by atoms with Gasteiger partial charge in [-0.1, -0.05) is 13.2 Å². The van der Waals surface area contributed by atoms with Gasteiger partial charge in [-0.25, -0.2) is 9.59 Å². The minimum atomic E-state index is -1.43. The Labute approximate surface area is 714 Å². The number of ether oxygens (including phenoxy) is 8. The molecule has 3 aromatic rings. The lowest BCUT2D eigenvalue weighted by Gasteiger charge is -2.34. The number of aromatic amines is 2. The maximum atomic E-state index is 12.3. The van der Waals surface area contributed by atoms with Crippen LogP contribution in [0.5, 0.6) is 0 Å². The third kappa shape index (κ3) is 28.9. The van der Waals surface area contributed by atoms with Crippen LogP contribution in [-0.4, -0.2) is 368 Å². The predicted octanol–water partition coefficient (Wildman–Crippen LogP) is 0.649. The molecular weight excluding hydrogens is 1710 g/mol. The largest absolute Gasteiger partial charge is 0.457 e. The summed E-state index contributed by atoms with van der Waals surface area (Å²) in [5, 5.41) is 87.9. The monoisotopic (exact) mass is 1830 g/mol. The van der Waals surface area contributed by atoms with Crippen LogP contribution < -0.4 is 38.7 Å². The molecule has 43 heteroatoms. The number of hydrogen-bond donors (Lipinski definition) is 12. The third-order valence-electron chi connectivity index (χ3n) is 20.4. The SMILES string of the molecule is C=C1NC(=O)C(C)=CN1[C@@H]1O[C@H](CCP(=C)(C)C)[C@@H](O)[C@H]1O.C=C1NC(=O)C=CN1[C@@H]1O[C@H](CCP(=C)(C)C)[C@@H](O)[C@H]1OC.C=P(C)(C)CC[C@H]1O[C@@H](n2cc(C(=O)CC(C)=O)c(=O)[nH]c2=S)[C@H](O)[C@@H]1O.C=P(C)(C)CC[C@H]1O[C@@H](n2cc(C(=O)COC(C)=O)c(=O)[nH]c2=O)[C@H](O)[C@@H]1O.C=P(C)(C)CC[C@H]1O[C@@H](n2ccc(=O)n(C)c2=O)[C@H](OC)[C@@H]1O. The summed E-state index contributed by atoms with van der Waals surface area (Å²) in [5.74, 6) is -2.26. The summed E-state index contributed by atoms with van der Waals surface area (Å²) in [6.07, 6.45) is 18.8. The number of carbonyl (C=O) groups excluding carboxylic acids is 6. The van der Waals surface area contributed by atoms with E-state index in [9.17, 15) is 93.6 Å². The van der Waals surface area contributed by atoms with Crippen molar-refractivity contribution in [3.05, 3.63) is 141 Å². The fourth-order valence-corrected chi connectivity index (χ4v) is 18.5. The molecule has 20 atom stereocenters. The highest BCUT2D eigenvalue weighted by Crippen LogP contribution is 2.45. The van der Waals surface area contributed by atoms with Crippen LogP contribution in [0.4, 0.5) is 0 Å². The van der Waals surface area contributed by atoms with Gasteiger partial charge in [-0.2, -0.15) is 0 Å². The molecule has 122 heavy (non-hydrogen) atoms. The number of aliphatic hydroxyl groups excluding tert-OH is 8. The van der Waals surface area contributed by atoms with E-state index in [1.165, 1.54) is 54.8 Å². The molecule has 0 saturated carbocycles. The minimum absolute atomic E-state index is 0.0544. The number of carbonyl (C=O) groups is 6. The average Bonchev–Trinajstić information content (AvgIpc) is 1.62. The van der Waals surface area contributed by atoms with Crippen molar-refractivity contribution in [2.24, 2.45) is 7.05 Å². The zero-order chi connectivity index (χ0) is 92.2. The number of H-pyrrole nitrogens is 2. The van der Waals surface area contributed by atoms with Gasteiger partial charge in [0, 0.05) is 76.9 Å². The summed E-state index contributed by atoms with van der Waals surface area (Å²) in [7, 11) is 4.42. The van der Waals surface area contributed by atoms with Crippen molar-refractivity contribution in [2.45, 2.75) is 182 Å². The molecule has 2 amide bonds. The Morgan fingerprint density at radius 2 is 0.893 bits per heavy atom.